The number of carbonyl (C=O) groups is 1. The summed E-state index contributed by atoms with van der Waals surface area (Å²) in [5.41, 5.74) is 5.29. The van der Waals surface area contributed by atoms with Crippen LogP contribution < -0.4 is 11.1 Å². The van der Waals surface area contributed by atoms with E-state index in [4.69, 9.17) is 5.73 Å². The number of nitrogens with two attached hydrogens (primary N) is 1. The van der Waals surface area contributed by atoms with Crippen LogP contribution in [0.15, 0.2) is 0 Å². The van der Waals surface area contributed by atoms with Crippen LogP contribution in [0.5, 0.6) is 0 Å². The lowest BCUT2D eigenvalue weighted by Gasteiger charge is -2.47. The van der Waals surface area contributed by atoms with Crippen LogP contribution in [0.4, 0.5) is 0 Å². The summed E-state index contributed by atoms with van der Waals surface area (Å²) in [6, 6.07) is 1.18. The Bertz CT molecular complexity index is 334. The van der Waals surface area contributed by atoms with Gasteiger partial charge in [0.2, 0.25) is 5.91 Å². The molecule has 1 saturated heterocycles. The van der Waals surface area contributed by atoms with E-state index in [9.17, 15) is 4.79 Å². The Morgan fingerprint density at radius 1 is 1.35 bits per heavy atom. The molecule has 2 fully saturated rings. The summed E-state index contributed by atoms with van der Waals surface area (Å²) in [4.78, 5) is 14.7. The molecule has 0 bridgehead atoms. The van der Waals surface area contributed by atoms with Gasteiger partial charge in [-0.05, 0) is 65.0 Å². The molecule has 0 spiro atoms. The molecule has 1 aliphatic heterocycles. The summed E-state index contributed by atoms with van der Waals surface area (Å²) in [5, 5.41) is 3.47. The largest absolute Gasteiger partial charge is 0.368 e. The third kappa shape index (κ3) is 3.34. The smallest absolute Gasteiger partial charge is 0.237 e. The molecule has 1 heterocycles. The molecule has 1 aliphatic carbocycles. The predicted octanol–water partition coefficient (Wildman–Crippen LogP) is 2.03. The summed E-state index contributed by atoms with van der Waals surface area (Å²) >= 11 is 0. The van der Waals surface area contributed by atoms with Crippen LogP contribution in [0.25, 0.3) is 0 Å². The van der Waals surface area contributed by atoms with E-state index in [0.29, 0.717) is 12.1 Å². The standard InChI is InChI=1S/C16H31N3O/c1-3-10-18-16(15(17)20)9-6-8-14(12-16)19-11-5-4-7-13(19)2/h13-14,18H,3-12H2,1-2H3,(H2,17,20). The first kappa shape index (κ1) is 15.8. The van der Waals surface area contributed by atoms with Gasteiger partial charge in [0, 0.05) is 12.1 Å². The molecule has 3 atom stereocenters. The highest BCUT2D eigenvalue weighted by Gasteiger charge is 2.43. The van der Waals surface area contributed by atoms with E-state index in [1.165, 1.54) is 32.2 Å². The molecular formula is C16H31N3O. The number of hydrogen-bond donors (Lipinski definition) is 2. The molecule has 0 radical (unpaired) electrons. The monoisotopic (exact) mass is 281 g/mol. The number of nitrogens with zero attached hydrogens (tertiary/aromatic N) is 1. The van der Waals surface area contributed by atoms with Crippen LogP contribution in [-0.4, -0.2) is 41.5 Å². The molecule has 1 amide bonds. The molecule has 116 valence electrons. The van der Waals surface area contributed by atoms with Gasteiger partial charge in [-0.15, -0.1) is 0 Å². The van der Waals surface area contributed by atoms with Crippen molar-refractivity contribution in [1.29, 1.82) is 0 Å². The van der Waals surface area contributed by atoms with Crippen molar-refractivity contribution < 1.29 is 4.79 Å². The topological polar surface area (TPSA) is 58.4 Å². The van der Waals surface area contributed by atoms with Gasteiger partial charge in [0.25, 0.3) is 0 Å². The highest BCUT2D eigenvalue weighted by atomic mass is 16.1. The summed E-state index contributed by atoms with van der Waals surface area (Å²) in [6.45, 7) is 6.54. The number of carbonyl (C=O) groups excluding carboxylic acids is 1. The molecule has 4 nitrogen and oxygen atoms in total. The highest BCUT2D eigenvalue weighted by molar-refractivity contribution is 5.84. The van der Waals surface area contributed by atoms with E-state index in [2.05, 4.69) is 24.1 Å². The van der Waals surface area contributed by atoms with Crippen LogP contribution in [0.2, 0.25) is 0 Å². The maximum Gasteiger partial charge on any atom is 0.237 e. The molecule has 4 heteroatoms. The lowest BCUT2D eigenvalue weighted by Crippen LogP contribution is -2.61. The zero-order valence-corrected chi connectivity index (χ0v) is 13.2. The van der Waals surface area contributed by atoms with Gasteiger partial charge in [0.15, 0.2) is 0 Å². The fraction of sp³-hybridized carbons (Fsp3) is 0.938. The summed E-state index contributed by atoms with van der Waals surface area (Å²) in [6.07, 6.45) is 9.10. The second-order valence-electron chi connectivity index (χ2n) is 6.71. The number of likely N-dealkylation sites (tertiary alicyclic amines) is 1. The van der Waals surface area contributed by atoms with Crippen molar-refractivity contribution in [3.8, 4) is 0 Å². The Balaban J connectivity index is 2.06. The van der Waals surface area contributed by atoms with Crippen LogP contribution in [-0.2, 0) is 4.79 Å². The SMILES string of the molecule is CCCNC1(C(N)=O)CCCC(N2CCCCC2C)C1. The second kappa shape index (κ2) is 6.90. The van der Waals surface area contributed by atoms with E-state index in [1.807, 2.05) is 0 Å². The average molecular weight is 281 g/mol. The zero-order valence-electron chi connectivity index (χ0n) is 13.2. The number of piperidine rings is 1. The molecule has 3 unspecified atom stereocenters. The molecule has 1 saturated carbocycles. The van der Waals surface area contributed by atoms with E-state index in [-0.39, 0.29) is 5.91 Å². The normalized spacial score (nSPS) is 35.9. The van der Waals surface area contributed by atoms with Gasteiger partial charge in [-0.1, -0.05) is 13.3 Å². The lowest BCUT2D eigenvalue weighted by atomic mass is 9.77. The Morgan fingerprint density at radius 3 is 2.80 bits per heavy atom. The number of nitrogens with one attached hydrogen (secondary N) is 1. The molecule has 0 aromatic carbocycles. The van der Waals surface area contributed by atoms with E-state index in [0.717, 1.165) is 32.2 Å². The third-order valence-electron chi connectivity index (χ3n) is 5.23. The van der Waals surface area contributed by atoms with Gasteiger partial charge < -0.3 is 11.1 Å². The summed E-state index contributed by atoms with van der Waals surface area (Å²) < 4.78 is 0. The Labute approximate surface area is 123 Å². The fourth-order valence-electron chi connectivity index (χ4n) is 4.03. The quantitative estimate of drug-likeness (QED) is 0.810. The first-order valence-electron chi connectivity index (χ1n) is 8.40. The highest BCUT2D eigenvalue weighted by Crippen LogP contribution is 2.34. The van der Waals surface area contributed by atoms with Gasteiger partial charge in [-0.3, -0.25) is 9.69 Å². The van der Waals surface area contributed by atoms with Gasteiger partial charge in [0.05, 0.1) is 5.54 Å². The summed E-state index contributed by atoms with van der Waals surface area (Å²) in [5.74, 6) is -0.152. The van der Waals surface area contributed by atoms with Crippen molar-refractivity contribution in [2.24, 2.45) is 5.73 Å². The predicted molar refractivity (Wildman–Crippen MR) is 82.5 cm³/mol. The Hall–Kier alpha value is -0.610. The first-order chi connectivity index (χ1) is 9.59. The first-order valence-corrected chi connectivity index (χ1v) is 8.40. The molecule has 20 heavy (non-hydrogen) atoms. The van der Waals surface area contributed by atoms with Crippen LogP contribution in [0.1, 0.15) is 65.2 Å². The molecule has 2 aliphatic rings. The van der Waals surface area contributed by atoms with Crippen LogP contribution in [0.3, 0.4) is 0 Å². The van der Waals surface area contributed by atoms with Crippen LogP contribution >= 0.6 is 0 Å². The van der Waals surface area contributed by atoms with E-state index < -0.39 is 5.54 Å². The van der Waals surface area contributed by atoms with Crippen molar-refractivity contribution >= 4 is 5.91 Å². The van der Waals surface area contributed by atoms with Gasteiger partial charge in [0.1, 0.15) is 0 Å². The molecule has 3 N–H and O–H groups in total. The molecule has 2 rings (SSSR count). The van der Waals surface area contributed by atoms with Crippen molar-refractivity contribution in [2.45, 2.75) is 82.8 Å². The number of primary amides is 1. The van der Waals surface area contributed by atoms with E-state index in [1.54, 1.807) is 0 Å². The van der Waals surface area contributed by atoms with Gasteiger partial charge in [-0.25, -0.2) is 0 Å². The van der Waals surface area contributed by atoms with Gasteiger partial charge in [-0.2, -0.15) is 0 Å². The Kier molecular flexibility index (Phi) is 5.44. The maximum atomic E-state index is 12.0. The molecule has 0 aromatic rings. The Morgan fingerprint density at radius 2 is 2.15 bits per heavy atom. The molecular weight excluding hydrogens is 250 g/mol. The van der Waals surface area contributed by atoms with Crippen LogP contribution in [0, 0.1) is 0 Å². The molecule has 0 aromatic heterocycles. The van der Waals surface area contributed by atoms with Crippen molar-refractivity contribution in [1.82, 2.24) is 10.2 Å². The third-order valence-corrected chi connectivity index (χ3v) is 5.23. The number of rotatable bonds is 5. The minimum Gasteiger partial charge on any atom is -0.368 e. The second-order valence-corrected chi connectivity index (χ2v) is 6.71. The zero-order chi connectivity index (χ0) is 14.6. The van der Waals surface area contributed by atoms with Gasteiger partial charge >= 0.3 is 0 Å². The van der Waals surface area contributed by atoms with Crippen molar-refractivity contribution in [3.05, 3.63) is 0 Å². The van der Waals surface area contributed by atoms with Crippen molar-refractivity contribution in [3.63, 3.8) is 0 Å². The fourth-order valence-corrected chi connectivity index (χ4v) is 4.03. The lowest BCUT2D eigenvalue weighted by molar-refractivity contribution is -0.127. The maximum absolute atomic E-state index is 12.0. The van der Waals surface area contributed by atoms with Crippen molar-refractivity contribution in [2.75, 3.05) is 13.1 Å². The van der Waals surface area contributed by atoms with E-state index >= 15 is 0 Å². The summed E-state index contributed by atoms with van der Waals surface area (Å²) in [7, 11) is 0. The average Bonchev–Trinajstić information content (AvgIpc) is 2.45. The minimum atomic E-state index is -0.462. The minimum absolute atomic E-state index is 0.152. The number of amides is 1. The number of hydrogen-bond acceptors (Lipinski definition) is 3.